The van der Waals surface area contributed by atoms with E-state index in [9.17, 15) is 14.7 Å². The molecule has 7 nitrogen and oxygen atoms in total. The maximum absolute atomic E-state index is 13.5. The van der Waals surface area contributed by atoms with Gasteiger partial charge in [-0.3, -0.25) is 15.0 Å². The highest BCUT2D eigenvalue weighted by Crippen LogP contribution is 2.40. The second-order valence-corrected chi connectivity index (χ2v) is 11.4. The maximum atomic E-state index is 13.5. The first-order valence-electron chi connectivity index (χ1n) is 12.4. The van der Waals surface area contributed by atoms with Gasteiger partial charge in [0.15, 0.2) is 5.78 Å². The quantitative estimate of drug-likeness (QED) is 0.485. The van der Waals surface area contributed by atoms with Gasteiger partial charge in [-0.15, -0.1) is 0 Å². The minimum atomic E-state index is -0.339. The van der Waals surface area contributed by atoms with Crippen LogP contribution in [0.4, 0.5) is 0 Å². The molecular weight excluding hydrogens is 454 g/mol. The molecule has 2 aromatic rings. The highest BCUT2D eigenvalue weighted by atomic mass is 16.5. The Morgan fingerprint density at radius 1 is 1.06 bits per heavy atom. The van der Waals surface area contributed by atoms with Crippen molar-refractivity contribution in [1.29, 1.82) is 5.41 Å². The van der Waals surface area contributed by atoms with Gasteiger partial charge in [0.2, 0.25) is 5.91 Å². The molecule has 0 fully saturated rings. The first-order chi connectivity index (χ1) is 16.7. The number of nitrogens with one attached hydrogen (secondary N) is 2. The van der Waals surface area contributed by atoms with E-state index < -0.39 is 0 Å². The number of phenolic OH excluding ortho intramolecular Hbond substituents is 1. The van der Waals surface area contributed by atoms with Crippen LogP contribution >= 0.6 is 0 Å². The summed E-state index contributed by atoms with van der Waals surface area (Å²) >= 11 is 0. The minimum Gasteiger partial charge on any atom is -0.507 e. The van der Waals surface area contributed by atoms with E-state index in [2.05, 4.69) is 5.32 Å². The average Bonchev–Trinajstić information content (AvgIpc) is 3.06. The van der Waals surface area contributed by atoms with E-state index >= 15 is 0 Å². The zero-order valence-electron chi connectivity index (χ0n) is 22.8. The largest absolute Gasteiger partial charge is 0.507 e. The Labute approximate surface area is 214 Å². The van der Waals surface area contributed by atoms with Crippen molar-refractivity contribution in [2.75, 3.05) is 20.2 Å². The number of ether oxygens (including phenoxy) is 1. The number of phenols is 1. The maximum Gasteiger partial charge on any atom is 0.224 e. The van der Waals surface area contributed by atoms with Crippen LogP contribution in [-0.2, 0) is 28.6 Å². The lowest BCUT2D eigenvalue weighted by Gasteiger charge is -2.28. The van der Waals surface area contributed by atoms with Gasteiger partial charge < -0.3 is 20.1 Å². The molecule has 0 radical (unpaired) electrons. The van der Waals surface area contributed by atoms with Gasteiger partial charge in [0.1, 0.15) is 17.3 Å². The SMILES string of the molecule is CCOc1cc2c(cc1CC(=O)NC)C(=N)N(CC(=O)c1cc(C(C)(C)C)c(O)c(C(C)(C)C)c1)C2. The number of hydrogen-bond donors (Lipinski definition) is 3. The number of amides is 1. The van der Waals surface area contributed by atoms with Gasteiger partial charge in [-0.1, -0.05) is 41.5 Å². The van der Waals surface area contributed by atoms with Crippen LogP contribution in [0.3, 0.4) is 0 Å². The van der Waals surface area contributed by atoms with Crippen LogP contribution in [0.15, 0.2) is 24.3 Å². The fourth-order valence-electron chi connectivity index (χ4n) is 4.50. The summed E-state index contributed by atoms with van der Waals surface area (Å²) in [5, 5.41) is 22.4. The van der Waals surface area contributed by atoms with Crippen molar-refractivity contribution >= 4 is 17.5 Å². The van der Waals surface area contributed by atoms with Gasteiger partial charge in [0, 0.05) is 41.4 Å². The van der Waals surface area contributed by atoms with E-state index in [1.807, 2.05) is 60.6 Å². The Bertz CT molecular complexity index is 1170. The molecule has 1 amide bonds. The predicted molar refractivity (Wildman–Crippen MR) is 142 cm³/mol. The van der Waals surface area contributed by atoms with E-state index in [0.29, 0.717) is 30.0 Å². The second-order valence-electron chi connectivity index (χ2n) is 11.4. The third-order valence-corrected chi connectivity index (χ3v) is 6.53. The zero-order valence-corrected chi connectivity index (χ0v) is 22.8. The Kier molecular flexibility index (Phi) is 7.53. The van der Waals surface area contributed by atoms with Crippen molar-refractivity contribution in [3.05, 3.63) is 57.6 Å². The summed E-state index contributed by atoms with van der Waals surface area (Å²) in [5.74, 6) is 0.873. The highest BCUT2D eigenvalue weighted by Gasteiger charge is 2.31. The van der Waals surface area contributed by atoms with Crippen LogP contribution in [0.1, 0.15) is 86.6 Å². The summed E-state index contributed by atoms with van der Waals surface area (Å²) in [6.07, 6.45) is 0.157. The number of benzene rings is 2. The minimum absolute atomic E-state index is 0.0419. The van der Waals surface area contributed by atoms with Crippen molar-refractivity contribution in [2.24, 2.45) is 0 Å². The lowest BCUT2D eigenvalue weighted by Crippen LogP contribution is -2.30. The van der Waals surface area contributed by atoms with Crippen LogP contribution < -0.4 is 10.1 Å². The van der Waals surface area contributed by atoms with Crippen LogP contribution in [0.5, 0.6) is 11.5 Å². The van der Waals surface area contributed by atoms with Crippen LogP contribution in [0.25, 0.3) is 0 Å². The first kappa shape index (κ1) is 27.2. The summed E-state index contributed by atoms with van der Waals surface area (Å²) in [6.45, 7) is 14.9. The highest BCUT2D eigenvalue weighted by molar-refractivity contribution is 6.05. The topological polar surface area (TPSA) is 103 Å². The number of likely N-dealkylation sites (N-methyl/N-ethyl adjacent to an activating group) is 1. The summed E-state index contributed by atoms with van der Waals surface area (Å²) in [7, 11) is 1.59. The summed E-state index contributed by atoms with van der Waals surface area (Å²) in [4.78, 5) is 27.2. The number of carbonyl (C=O) groups excluding carboxylic acids is 2. The summed E-state index contributed by atoms with van der Waals surface area (Å²) < 4.78 is 5.77. The summed E-state index contributed by atoms with van der Waals surface area (Å²) in [5.41, 5.74) is 3.64. The first-order valence-corrected chi connectivity index (χ1v) is 12.4. The molecule has 194 valence electrons. The normalized spacial score (nSPS) is 13.6. The molecule has 0 bridgehead atoms. The fraction of sp³-hybridized carbons (Fsp3) is 0.483. The number of fused-ring (bicyclic) bond motifs is 1. The van der Waals surface area contributed by atoms with E-state index in [-0.39, 0.29) is 47.1 Å². The molecule has 0 atom stereocenters. The Morgan fingerprint density at radius 3 is 2.14 bits per heavy atom. The molecule has 0 unspecified atom stereocenters. The molecule has 7 heteroatoms. The number of rotatable bonds is 7. The number of nitrogens with zero attached hydrogens (tertiary/aromatic N) is 1. The number of hydrogen-bond acceptors (Lipinski definition) is 5. The number of Topliss-reactive ketones (excluding diaryl/α,β-unsaturated/α-hetero) is 1. The molecule has 0 spiro atoms. The monoisotopic (exact) mass is 493 g/mol. The standard InChI is InChI=1S/C29H39N3O4/c1-9-36-24-13-19-15-32(27(30)20(19)10-18(24)14-25(34)31-8)16-23(33)17-11-21(28(2,3)4)26(35)22(12-17)29(5,6)7/h10-13,30,35H,9,14-16H2,1-8H3,(H,31,34). The van der Waals surface area contributed by atoms with Gasteiger partial charge in [-0.2, -0.15) is 0 Å². The van der Waals surface area contributed by atoms with Gasteiger partial charge in [0.05, 0.1) is 19.6 Å². The Balaban J connectivity index is 1.93. The zero-order chi connectivity index (χ0) is 27.0. The molecule has 0 aliphatic carbocycles. The van der Waals surface area contributed by atoms with Gasteiger partial charge in [0.25, 0.3) is 0 Å². The Hall–Kier alpha value is -3.35. The van der Waals surface area contributed by atoms with Crippen molar-refractivity contribution in [3.8, 4) is 11.5 Å². The van der Waals surface area contributed by atoms with E-state index in [1.54, 1.807) is 24.1 Å². The van der Waals surface area contributed by atoms with Gasteiger partial charge in [-0.25, -0.2) is 0 Å². The average molecular weight is 494 g/mol. The Morgan fingerprint density at radius 2 is 1.64 bits per heavy atom. The predicted octanol–water partition coefficient (Wildman–Crippen LogP) is 4.70. The molecule has 0 aromatic heterocycles. The van der Waals surface area contributed by atoms with Gasteiger partial charge in [-0.05, 0) is 47.6 Å². The third kappa shape index (κ3) is 5.55. The van der Waals surface area contributed by atoms with E-state index in [1.165, 1.54) is 0 Å². The van der Waals surface area contributed by atoms with Crippen LogP contribution in [0.2, 0.25) is 0 Å². The molecule has 2 aromatic carbocycles. The summed E-state index contributed by atoms with van der Waals surface area (Å²) in [6, 6.07) is 7.28. The lowest BCUT2D eigenvalue weighted by atomic mass is 9.78. The molecular formula is C29H39N3O4. The van der Waals surface area contributed by atoms with Crippen LogP contribution in [0, 0.1) is 5.41 Å². The molecule has 1 aliphatic heterocycles. The smallest absolute Gasteiger partial charge is 0.224 e. The van der Waals surface area contributed by atoms with E-state index in [4.69, 9.17) is 10.1 Å². The second kappa shape index (κ2) is 9.96. The van der Waals surface area contributed by atoms with Crippen molar-refractivity contribution in [3.63, 3.8) is 0 Å². The molecule has 1 aliphatic rings. The number of aromatic hydroxyl groups is 1. The number of carbonyl (C=O) groups is 2. The fourth-order valence-corrected chi connectivity index (χ4v) is 4.50. The van der Waals surface area contributed by atoms with E-state index in [0.717, 1.165) is 22.3 Å². The van der Waals surface area contributed by atoms with Gasteiger partial charge >= 0.3 is 0 Å². The van der Waals surface area contributed by atoms with Crippen molar-refractivity contribution in [2.45, 2.75) is 72.3 Å². The number of ketones is 1. The lowest BCUT2D eigenvalue weighted by molar-refractivity contribution is -0.119. The molecule has 0 saturated carbocycles. The van der Waals surface area contributed by atoms with Crippen LogP contribution in [-0.4, -0.2) is 47.7 Å². The molecule has 1 heterocycles. The van der Waals surface area contributed by atoms with Crippen molar-refractivity contribution < 1.29 is 19.4 Å². The number of amidine groups is 1. The molecule has 3 rings (SSSR count). The molecule has 36 heavy (non-hydrogen) atoms. The molecule has 0 saturated heterocycles. The third-order valence-electron chi connectivity index (χ3n) is 6.53. The van der Waals surface area contributed by atoms with Crippen molar-refractivity contribution in [1.82, 2.24) is 10.2 Å². The molecule has 3 N–H and O–H groups in total.